The molecule has 2 rings (SSSR count). The zero-order valence-corrected chi connectivity index (χ0v) is 12.1. The summed E-state index contributed by atoms with van der Waals surface area (Å²) in [6.45, 7) is 5.81. The van der Waals surface area contributed by atoms with Crippen molar-refractivity contribution in [3.05, 3.63) is 29.6 Å². The Kier molecular flexibility index (Phi) is 4.28. The summed E-state index contributed by atoms with van der Waals surface area (Å²) in [6.07, 6.45) is 1.80. The highest BCUT2D eigenvalue weighted by Gasteiger charge is 2.34. The van der Waals surface area contributed by atoms with Gasteiger partial charge in [-0.25, -0.2) is 4.39 Å². The number of fused-ring (bicyclic) bond motifs is 1. The number of amides is 1. The Balaban J connectivity index is 2.17. The van der Waals surface area contributed by atoms with Gasteiger partial charge in [-0.15, -0.1) is 0 Å². The second-order valence-electron chi connectivity index (χ2n) is 5.57. The van der Waals surface area contributed by atoms with E-state index in [1.165, 1.54) is 12.1 Å². The topological polar surface area (TPSA) is 58.4 Å². The molecule has 0 aromatic heterocycles. The standard InChI is InChI=1S/C15H22FN3O/c1-3-7-18-15(2,14(17)20)10-19-8-6-11-4-5-12(16)9-13(11)19/h4-5,9,18H,3,6-8,10H2,1-2H3,(H2,17,20). The van der Waals surface area contributed by atoms with Crippen LogP contribution in [0, 0.1) is 5.82 Å². The molecule has 0 radical (unpaired) electrons. The van der Waals surface area contributed by atoms with E-state index < -0.39 is 5.54 Å². The van der Waals surface area contributed by atoms with Gasteiger partial charge in [-0.2, -0.15) is 0 Å². The third-order valence-corrected chi connectivity index (χ3v) is 3.86. The number of rotatable bonds is 6. The molecule has 1 aliphatic heterocycles. The van der Waals surface area contributed by atoms with Crippen LogP contribution in [0.25, 0.3) is 0 Å². The Labute approximate surface area is 119 Å². The first-order valence-corrected chi connectivity index (χ1v) is 7.04. The van der Waals surface area contributed by atoms with Crippen LogP contribution in [0.5, 0.6) is 0 Å². The maximum Gasteiger partial charge on any atom is 0.239 e. The average Bonchev–Trinajstić information content (AvgIpc) is 2.78. The molecule has 0 bridgehead atoms. The van der Waals surface area contributed by atoms with Crippen molar-refractivity contribution in [1.82, 2.24) is 5.32 Å². The van der Waals surface area contributed by atoms with Crippen LogP contribution < -0.4 is 16.0 Å². The molecular formula is C15H22FN3O. The lowest BCUT2D eigenvalue weighted by Gasteiger charge is -2.33. The Morgan fingerprint density at radius 1 is 1.55 bits per heavy atom. The number of hydrogen-bond acceptors (Lipinski definition) is 3. The Morgan fingerprint density at radius 3 is 2.95 bits per heavy atom. The molecule has 0 fully saturated rings. The van der Waals surface area contributed by atoms with Crippen molar-refractivity contribution in [3.8, 4) is 0 Å². The molecule has 3 N–H and O–H groups in total. The number of carbonyl (C=O) groups excluding carboxylic acids is 1. The Morgan fingerprint density at radius 2 is 2.30 bits per heavy atom. The van der Waals surface area contributed by atoms with E-state index in [0.29, 0.717) is 6.54 Å². The van der Waals surface area contributed by atoms with E-state index in [1.54, 1.807) is 0 Å². The zero-order valence-electron chi connectivity index (χ0n) is 12.1. The molecular weight excluding hydrogens is 257 g/mol. The number of primary amides is 1. The summed E-state index contributed by atoms with van der Waals surface area (Å²) in [5.41, 5.74) is 6.73. The van der Waals surface area contributed by atoms with E-state index in [9.17, 15) is 9.18 Å². The van der Waals surface area contributed by atoms with Crippen LogP contribution in [0.2, 0.25) is 0 Å². The summed E-state index contributed by atoms with van der Waals surface area (Å²) >= 11 is 0. The fraction of sp³-hybridized carbons (Fsp3) is 0.533. The van der Waals surface area contributed by atoms with Gasteiger partial charge in [0, 0.05) is 18.8 Å². The minimum Gasteiger partial charge on any atom is -0.369 e. The number of benzene rings is 1. The summed E-state index contributed by atoms with van der Waals surface area (Å²) < 4.78 is 13.4. The lowest BCUT2D eigenvalue weighted by atomic mass is 10.0. The van der Waals surface area contributed by atoms with E-state index in [0.717, 1.165) is 37.2 Å². The Hall–Kier alpha value is -1.62. The molecule has 1 heterocycles. The summed E-state index contributed by atoms with van der Waals surface area (Å²) in [5.74, 6) is -0.631. The summed E-state index contributed by atoms with van der Waals surface area (Å²) in [6, 6.07) is 4.82. The normalized spacial score (nSPS) is 16.9. The second kappa shape index (κ2) is 5.79. The molecule has 1 amide bonds. The summed E-state index contributed by atoms with van der Waals surface area (Å²) in [4.78, 5) is 13.8. The number of nitrogens with zero attached hydrogens (tertiary/aromatic N) is 1. The van der Waals surface area contributed by atoms with Crippen LogP contribution in [0.3, 0.4) is 0 Å². The minimum absolute atomic E-state index is 0.252. The molecule has 1 aliphatic rings. The summed E-state index contributed by atoms with van der Waals surface area (Å²) in [5, 5.41) is 3.21. The smallest absolute Gasteiger partial charge is 0.239 e. The maximum atomic E-state index is 13.4. The highest BCUT2D eigenvalue weighted by atomic mass is 19.1. The molecule has 0 saturated carbocycles. The molecule has 4 nitrogen and oxygen atoms in total. The first kappa shape index (κ1) is 14.8. The molecule has 0 saturated heterocycles. The van der Waals surface area contributed by atoms with Gasteiger partial charge >= 0.3 is 0 Å². The van der Waals surface area contributed by atoms with Crippen LogP contribution >= 0.6 is 0 Å². The predicted molar refractivity (Wildman–Crippen MR) is 78.2 cm³/mol. The third-order valence-electron chi connectivity index (χ3n) is 3.86. The minimum atomic E-state index is -0.802. The molecule has 1 atom stereocenters. The molecule has 1 unspecified atom stereocenters. The highest BCUT2D eigenvalue weighted by molar-refractivity contribution is 5.85. The number of halogens is 1. The van der Waals surface area contributed by atoms with E-state index in [2.05, 4.69) is 5.32 Å². The van der Waals surface area contributed by atoms with E-state index in [1.807, 2.05) is 24.8 Å². The quantitative estimate of drug-likeness (QED) is 0.828. The lowest BCUT2D eigenvalue weighted by Crippen LogP contribution is -2.59. The molecule has 1 aromatic carbocycles. The van der Waals surface area contributed by atoms with Gasteiger partial charge in [0.05, 0.1) is 0 Å². The average molecular weight is 279 g/mol. The third kappa shape index (κ3) is 2.93. The van der Waals surface area contributed by atoms with Crippen molar-refractivity contribution in [3.63, 3.8) is 0 Å². The number of nitrogens with two attached hydrogens (primary N) is 1. The van der Waals surface area contributed by atoms with Crippen molar-refractivity contribution in [1.29, 1.82) is 0 Å². The molecule has 5 heteroatoms. The number of hydrogen-bond donors (Lipinski definition) is 2. The highest BCUT2D eigenvalue weighted by Crippen LogP contribution is 2.29. The maximum absolute atomic E-state index is 13.4. The number of nitrogens with one attached hydrogen (secondary N) is 1. The van der Waals surface area contributed by atoms with Crippen LogP contribution in [0.4, 0.5) is 10.1 Å². The molecule has 1 aromatic rings. The van der Waals surface area contributed by atoms with E-state index in [-0.39, 0.29) is 11.7 Å². The van der Waals surface area contributed by atoms with Crippen molar-refractivity contribution in [2.75, 3.05) is 24.5 Å². The lowest BCUT2D eigenvalue weighted by molar-refractivity contribution is -0.123. The number of anilines is 1. The van der Waals surface area contributed by atoms with Gasteiger partial charge in [0.25, 0.3) is 0 Å². The van der Waals surface area contributed by atoms with Crippen LogP contribution in [0.15, 0.2) is 18.2 Å². The van der Waals surface area contributed by atoms with Gasteiger partial charge in [0.15, 0.2) is 0 Å². The van der Waals surface area contributed by atoms with Crippen molar-refractivity contribution in [2.24, 2.45) is 5.73 Å². The fourth-order valence-corrected chi connectivity index (χ4v) is 2.59. The van der Waals surface area contributed by atoms with Gasteiger partial charge in [0.2, 0.25) is 5.91 Å². The molecule has 0 aliphatic carbocycles. The second-order valence-corrected chi connectivity index (χ2v) is 5.57. The number of carbonyl (C=O) groups is 1. The van der Waals surface area contributed by atoms with Gasteiger partial charge in [-0.3, -0.25) is 4.79 Å². The van der Waals surface area contributed by atoms with E-state index in [4.69, 9.17) is 5.73 Å². The van der Waals surface area contributed by atoms with Crippen molar-refractivity contribution >= 4 is 11.6 Å². The van der Waals surface area contributed by atoms with Crippen LogP contribution in [-0.4, -0.2) is 31.1 Å². The van der Waals surface area contributed by atoms with Gasteiger partial charge < -0.3 is 16.0 Å². The van der Waals surface area contributed by atoms with Gasteiger partial charge in [-0.1, -0.05) is 13.0 Å². The predicted octanol–water partition coefficient (Wildman–Crippen LogP) is 1.43. The summed E-state index contributed by atoms with van der Waals surface area (Å²) in [7, 11) is 0. The SMILES string of the molecule is CCCNC(C)(CN1CCc2ccc(F)cc21)C(N)=O. The molecule has 110 valence electrons. The fourth-order valence-electron chi connectivity index (χ4n) is 2.59. The molecule has 0 spiro atoms. The first-order chi connectivity index (χ1) is 9.46. The first-order valence-electron chi connectivity index (χ1n) is 7.04. The van der Waals surface area contributed by atoms with Gasteiger partial charge in [0.1, 0.15) is 11.4 Å². The van der Waals surface area contributed by atoms with E-state index >= 15 is 0 Å². The van der Waals surface area contributed by atoms with Crippen molar-refractivity contribution < 1.29 is 9.18 Å². The van der Waals surface area contributed by atoms with Crippen LogP contribution in [0.1, 0.15) is 25.8 Å². The van der Waals surface area contributed by atoms with Crippen molar-refractivity contribution in [2.45, 2.75) is 32.2 Å². The van der Waals surface area contributed by atoms with Crippen LogP contribution in [-0.2, 0) is 11.2 Å². The molecule has 20 heavy (non-hydrogen) atoms. The monoisotopic (exact) mass is 279 g/mol. The Bertz CT molecular complexity index is 506. The van der Waals surface area contributed by atoms with Gasteiger partial charge in [-0.05, 0) is 44.0 Å². The zero-order chi connectivity index (χ0) is 14.8. The largest absolute Gasteiger partial charge is 0.369 e.